The van der Waals surface area contributed by atoms with Crippen LogP contribution in [0.25, 0.3) is 0 Å². The summed E-state index contributed by atoms with van der Waals surface area (Å²) in [7, 11) is 3.21. The van der Waals surface area contributed by atoms with Crippen molar-refractivity contribution < 1.29 is 14.0 Å². The number of anilines is 1. The average molecular weight is 332 g/mol. The number of methoxy groups -OCH3 is 2. The minimum Gasteiger partial charge on any atom is -0.497 e. The SMILES string of the molecule is COc1ccc(OC)c(NC(N)=NCCCc2c(C)noc2C)c1. The van der Waals surface area contributed by atoms with Gasteiger partial charge in [0.05, 0.1) is 25.6 Å². The summed E-state index contributed by atoms with van der Waals surface area (Å²) in [6.07, 6.45) is 1.72. The average Bonchev–Trinajstić information content (AvgIpc) is 2.90. The zero-order valence-corrected chi connectivity index (χ0v) is 14.5. The molecule has 0 atom stereocenters. The number of aromatic nitrogens is 1. The quantitative estimate of drug-likeness (QED) is 0.460. The third-order valence-electron chi connectivity index (χ3n) is 3.72. The molecular formula is C17H24N4O3. The lowest BCUT2D eigenvalue weighted by Crippen LogP contribution is -2.23. The number of benzene rings is 1. The number of hydrogen-bond donors (Lipinski definition) is 2. The van der Waals surface area contributed by atoms with E-state index in [9.17, 15) is 0 Å². The molecule has 2 aromatic rings. The molecule has 1 aromatic heterocycles. The van der Waals surface area contributed by atoms with Crippen LogP contribution in [0.4, 0.5) is 5.69 Å². The van der Waals surface area contributed by atoms with E-state index in [4.69, 9.17) is 19.7 Å². The van der Waals surface area contributed by atoms with Crippen LogP contribution >= 0.6 is 0 Å². The first-order valence-corrected chi connectivity index (χ1v) is 7.76. The van der Waals surface area contributed by atoms with Crippen LogP contribution in [0, 0.1) is 13.8 Å². The van der Waals surface area contributed by atoms with Crippen LogP contribution in [-0.2, 0) is 6.42 Å². The number of nitrogens with one attached hydrogen (secondary N) is 1. The molecule has 7 nitrogen and oxygen atoms in total. The van der Waals surface area contributed by atoms with Gasteiger partial charge in [0.25, 0.3) is 0 Å². The highest BCUT2D eigenvalue weighted by atomic mass is 16.5. The Balaban J connectivity index is 1.92. The number of aliphatic imine (C=N–C) groups is 1. The molecule has 0 aliphatic heterocycles. The van der Waals surface area contributed by atoms with E-state index in [1.54, 1.807) is 14.2 Å². The van der Waals surface area contributed by atoms with E-state index in [1.807, 2.05) is 32.0 Å². The molecule has 0 spiro atoms. The van der Waals surface area contributed by atoms with Crippen molar-refractivity contribution in [1.82, 2.24) is 5.16 Å². The predicted octanol–water partition coefficient (Wildman–Crippen LogP) is 2.67. The van der Waals surface area contributed by atoms with Gasteiger partial charge in [0.15, 0.2) is 5.96 Å². The number of ether oxygens (including phenoxy) is 2. The second kappa shape index (κ2) is 8.24. The van der Waals surface area contributed by atoms with E-state index < -0.39 is 0 Å². The van der Waals surface area contributed by atoms with Gasteiger partial charge in [0.2, 0.25) is 0 Å². The largest absolute Gasteiger partial charge is 0.497 e. The number of nitrogens with two attached hydrogens (primary N) is 1. The van der Waals surface area contributed by atoms with Gasteiger partial charge >= 0.3 is 0 Å². The molecule has 0 unspecified atom stereocenters. The van der Waals surface area contributed by atoms with Gasteiger partial charge in [-0.05, 0) is 38.8 Å². The second-order valence-electron chi connectivity index (χ2n) is 5.36. The molecule has 0 radical (unpaired) electrons. The molecule has 0 bridgehead atoms. The van der Waals surface area contributed by atoms with Gasteiger partial charge in [0.1, 0.15) is 17.3 Å². The summed E-state index contributed by atoms with van der Waals surface area (Å²) < 4.78 is 15.7. The summed E-state index contributed by atoms with van der Waals surface area (Å²) in [6, 6.07) is 5.44. The highest BCUT2D eigenvalue weighted by Crippen LogP contribution is 2.28. The maximum atomic E-state index is 5.95. The topological polar surface area (TPSA) is 94.9 Å². The minimum atomic E-state index is 0.334. The summed E-state index contributed by atoms with van der Waals surface area (Å²) in [6.45, 7) is 4.47. The summed E-state index contributed by atoms with van der Waals surface area (Å²) in [5, 5.41) is 6.99. The van der Waals surface area contributed by atoms with Gasteiger partial charge in [0, 0.05) is 18.2 Å². The van der Waals surface area contributed by atoms with Crippen LogP contribution in [0.5, 0.6) is 11.5 Å². The fourth-order valence-corrected chi connectivity index (χ4v) is 2.40. The first-order chi connectivity index (χ1) is 11.5. The molecular weight excluding hydrogens is 308 g/mol. The van der Waals surface area contributed by atoms with E-state index in [0.717, 1.165) is 29.9 Å². The predicted molar refractivity (Wildman–Crippen MR) is 94.0 cm³/mol. The Hall–Kier alpha value is -2.70. The Labute approximate surface area is 141 Å². The summed E-state index contributed by atoms with van der Waals surface area (Å²) in [5.41, 5.74) is 8.74. The van der Waals surface area contributed by atoms with Crippen molar-refractivity contribution in [3.8, 4) is 11.5 Å². The highest BCUT2D eigenvalue weighted by Gasteiger charge is 2.08. The van der Waals surface area contributed by atoms with E-state index in [2.05, 4.69) is 15.5 Å². The minimum absolute atomic E-state index is 0.334. The zero-order valence-electron chi connectivity index (χ0n) is 14.5. The molecule has 7 heteroatoms. The van der Waals surface area contributed by atoms with Gasteiger partial charge in [-0.25, -0.2) is 0 Å². The number of hydrogen-bond acceptors (Lipinski definition) is 5. The molecule has 24 heavy (non-hydrogen) atoms. The van der Waals surface area contributed by atoms with E-state index in [0.29, 0.717) is 29.7 Å². The van der Waals surface area contributed by atoms with Crippen LogP contribution in [0.15, 0.2) is 27.7 Å². The smallest absolute Gasteiger partial charge is 0.193 e. The molecule has 3 N–H and O–H groups in total. The third-order valence-corrected chi connectivity index (χ3v) is 3.72. The molecule has 130 valence electrons. The fraction of sp³-hybridized carbons (Fsp3) is 0.412. The molecule has 1 aromatic carbocycles. The molecule has 0 aliphatic rings. The van der Waals surface area contributed by atoms with E-state index >= 15 is 0 Å². The van der Waals surface area contributed by atoms with Gasteiger partial charge in [-0.1, -0.05) is 5.16 Å². The van der Waals surface area contributed by atoms with Crippen molar-refractivity contribution in [2.24, 2.45) is 10.7 Å². The van der Waals surface area contributed by atoms with Gasteiger partial charge in [-0.15, -0.1) is 0 Å². The van der Waals surface area contributed by atoms with Crippen molar-refractivity contribution >= 4 is 11.6 Å². The Kier molecular flexibility index (Phi) is 6.06. The maximum absolute atomic E-state index is 5.95. The van der Waals surface area contributed by atoms with Crippen molar-refractivity contribution in [3.63, 3.8) is 0 Å². The number of guanidine groups is 1. The van der Waals surface area contributed by atoms with E-state index in [-0.39, 0.29) is 0 Å². The highest BCUT2D eigenvalue weighted by molar-refractivity contribution is 5.94. The third kappa shape index (κ3) is 4.41. The van der Waals surface area contributed by atoms with Gasteiger partial charge in [-0.3, -0.25) is 4.99 Å². The van der Waals surface area contributed by atoms with E-state index in [1.165, 1.54) is 0 Å². The molecule has 0 aliphatic carbocycles. The van der Waals surface area contributed by atoms with Crippen molar-refractivity contribution in [1.29, 1.82) is 0 Å². The summed E-state index contributed by atoms with van der Waals surface area (Å²) >= 11 is 0. The molecule has 0 fully saturated rings. The van der Waals surface area contributed by atoms with Crippen LogP contribution < -0.4 is 20.5 Å². The molecule has 0 saturated carbocycles. The molecule has 0 saturated heterocycles. The van der Waals surface area contributed by atoms with Crippen LogP contribution in [-0.4, -0.2) is 31.9 Å². The van der Waals surface area contributed by atoms with Crippen LogP contribution in [0.3, 0.4) is 0 Å². The first-order valence-electron chi connectivity index (χ1n) is 7.76. The van der Waals surface area contributed by atoms with Crippen molar-refractivity contribution in [2.75, 3.05) is 26.1 Å². The van der Waals surface area contributed by atoms with Crippen LogP contribution in [0.1, 0.15) is 23.4 Å². The lowest BCUT2D eigenvalue weighted by Gasteiger charge is -2.12. The van der Waals surface area contributed by atoms with Crippen LogP contribution in [0.2, 0.25) is 0 Å². The van der Waals surface area contributed by atoms with Gasteiger partial charge in [-0.2, -0.15) is 0 Å². The Morgan fingerprint density at radius 2 is 2.08 bits per heavy atom. The Bertz CT molecular complexity index is 690. The summed E-state index contributed by atoms with van der Waals surface area (Å²) in [4.78, 5) is 4.35. The Morgan fingerprint density at radius 1 is 1.29 bits per heavy atom. The first kappa shape index (κ1) is 17.7. The van der Waals surface area contributed by atoms with Crippen molar-refractivity contribution in [3.05, 3.63) is 35.2 Å². The zero-order chi connectivity index (χ0) is 17.5. The Morgan fingerprint density at radius 3 is 2.71 bits per heavy atom. The summed E-state index contributed by atoms with van der Waals surface area (Å²) in [5.74, 6) is 2.58. The lowest BCUT2D eigenvalue weighted by atomic mass is 10.1. The monoisotopic (exact) mass is 332 g/mol. The standard InChI is InChI=1S/C17H24N4O3/c1-11-14(12(2)24-21-11)6-5-9-19-17(18)20-15-10-13(22-3)7-8-16(15)23-4/h7-8,10H,5-6,9H2,1-4H3,(H3,18,19,20). The van der Waals surface area contributed by atoms with Gasteiger partial charge < -0.3 is 25.0 Å². The van der Waals surface area contributed by atoms with Crippen molar-refractivity contribution in [2.45, 2.75) is 26.7 Å². The maximum Gasteiger partial charge on any atom is 0.193 e. The normalized spacial score (nSPS) is 11.4. The second-order valence-corrected chi connectivity index (χ2v) is 5.36. The number of rotatable bonds is 7. The number of nitrogens with zero attached hydrogens (tertiary/aromatic N) is 2. The fourth-order valence-electron chi connectivity index (χ4n) is 2.40. The molecule has 0 amide bonds. The molecule has 1 heterocycles. The number of aryl methyl sites for hydroxylation is 2. The molecule has 2 rings (SSSR count). The lowest BCUT2D eigenvalue weighted by molar-refractivity contribution is 0.392.